The van der Waals surface area contributed by atoms with Gasteiger partial charge in [0.1, 0.15) is 0 Å². The van der Waals surface area contributed by atoms with Crippen molar-refractivity contribution in [1.29, 1.82) is 0 Å². The molecular weight excluding hydrogens is 340 g/mol. The number of morpholine rings is 1. The number of carboxylic acids is 1. The Hall–Kier alpha value is -2.08. The van der Waals surface area contributed by atoms with Gasteiger partial charge < -0.3 is 20.1 Å². The first kappa shape index (κ1) is 17.7. The van der Waals surface area contributed by atoms with Crippen LogP contribution in [0.5, 0.6) is 0 Å². The predicted octanol–water partition coefficient (Wildman–Crippen LogP) is 3.16. The number of ether oxygens (including phenoxy) is 1. The Kier molecular flexibility index (Phi) is 5.91. The maximum atomic E-state index is 10.9. The highest BCUT2D eigenvalue weighted by Gasteiger charge is 2.16. The van der Waals surface area contributed by atoms with Gasteiger partial charge in [0.05, 0.1) is 18.8 Å². The molecule has 2 aromatic rings. The number of carbonyl (C=O) groups is 1. The third-order valence-electron chi connectivity index (χ3n) is 4.28. The number of hydrogen-bond acceptors (Lipinski definition) is 4. The molecule has 0 aromatic heterocycles. The Morgan fingerprint density at radius 2 is 1.84 bits per heavy atom. The molecule has 6 heteroatoms. The predicted molar refractivity (Wildman–Crippen MR) is 98.4 cm³/mol. The van der Waals surface area contributed by atoms with Gasteiger partial charge in [0.25, 0.3) is 0 Å². The number of rotatable bonds is 6. The molecule has 0 saturated carbocycles. The van der Waals surface area contributed by atoms with Crippen molar-refractivity contribution in [3.8, 4) is 0 Å². The third kappa shape index (κ3) is 4.51. The van der Waals surface area contributed by atoms with Crippen molar-refractivity contribution >= 4 is 23.3 Å². The fourth-order valence-electron chi connectivity index (χ4n) is 2.92. The van der Waals surface area contributed by atoms with Gasteiger partial charge in [0.2, 0.25) is 0 Å². The number of anilines is 1. The molecule has 2 N–H and O–H groups in total. The molecule has 1 fully saturated rings. The fraction of sp³-hybridized carbons (Fsp3) is 0.316. The SMILES string of the molecule is O=C(O)c1ccc(CNCc2c(Cl)cccc2N2CCOCC2)cc1. The molecule has 132 valence electrons. The van der Waals surface area contributed by atoms with Gasteiger partial charge in [0, 0.05) is 42.5 Å². The van der Waals surface area contributed by atoms with E-state index in [1.54, 1.807) is 12.1 Å². The minimum absolute atomic E-state index is 0.296. The van der Waals surface area contributed by atoms with Crippen LogP contribution in [0.3, 0.4) is 0 Å². The van der Waals surface area contributed by atoms with Gasteiger partial charge in [-0.05, 0) is 29.8 Å². The summed E-state index contributed by atoms with van der Waals surface area (Å²) in [6, 6.07) is 12.9. The molecule has 0 amide bonds. The van der Waals surface area contributed by atoms with E-state index in [-0.39, 0.29) is 0 Å². The summed E-state index contributed by atoms with van der Waals surface area (Å²) in [6.07, 6.45) is 0. The van der Waals surface area contributed by atoms with E-state index in [1.807, 2.05) is 24.3 Å². The summed E-state index contributed by atoms with van der Waals surface area (Å²) in [6.45, 7) is 4.49. The van der Waals surface area contributed by atoms with Crippen LogP contribution in [-0.4, -0.2) is 37.4 Å². The summed E-state index contributed by atoms with van der Waals surface area (Å²) in [7, 11) is 0. The van der Waals surface area contributed by atoms with Gasteiger partial charge >= 0.3 is 5.97 Å². The smallest absolute Gasteiger partial charge is 0.335 e. The Balaban J connectivity index is 1.65. The molecule has 1 heterocycles. The standard InChI is InChI=1S/C19H21ClN2O3/c20-17-2-1-3-18(22-8-10-25-11-9-22)16(17)13-21-12-14-4-6-15(7-5-14)19(23)24/h1-7,21H,8-13H2,(H,23,24). The number of benzene rings is 2. The average Bonchev–Trinajstić information content (AvgIpc) is 2.64. The van der Waals surface area contributed by atoms with Gasteiger partial charge in [0.15, 0.2) is 0 Å². The molecule has 0 spiro atoms. The first-order valence-electron chi connectivity index (χ1n) is 8.28. The molecule has 1 aliphatic rings. The van der Waals surface area contributed by atoms with Crippen LogP contribution in [0.2, 0.25) is 5.02 Å². The monoisotopic (exact) mass is 360 g/mol. The number of nitrogens with one attached hydrogen (secondary N) is 1. The number of hydrogen-bond donors (Lipinski definition) is 2. The summed E-state index contributed by atoms with van der Waals surface area (Å²) in [4.78, 5) is 13.2. The zero-order chi connectivity index (χ0) is 17.6. The van der Waals surface area contributed by atoms with Crippen molar-refractivity contribution in [2.24, 2.45) is 0 Å². The number of aromatic carboxylic acids is 1. The molecule has 3 rings (SSSR count). The van der Waals surface area contributed by atoms with Crippen molar-refractivity contribution in [2.45, 2.75) is 13.1 Å². The van der Waals surface area contributed by atoms with E-state index >= 15 is 0 Å². The first-order valence-corrected chi connectivity index (χ1v) is 8.66. The summed E-state index contributed by atoms with van der Waals surface area (Å²) in [5.74, 6) is -0.911. The minimum atomic E-state index is -0.911. The Labute approximate surface area is 152 Å². The van der Waals surface area contributed by atoms with Crippen LogP contribution in [0.1, 0.15) is 21.5 Å². The van der Waals surface area contributed by atoms with E-state index < -0.39 is 5.97 Å². The summed E-state index contributed by atoms with van der Waals surface area (Å²) >= 11 is 6.42. The zero-order valence-electron chi connectivity index (χ0n) is 13.9. The molecule has 0 radical (unpaired) electrons. The number of carboxylic acid groups (broad SMARTS) is 1. The number of halogens is 1. The molecule has 2 aromatic carbocycles. The van der Waals surface area contributed by atoms with Gasteiger partial charge in [-0.25, -0.2) is 4.79 Å². The van der Waals surface area contributed by atoms with E-state index in [1.165, 1.54) is 0 Å². The Bertz CT molecular complexity index is 728. The Morgan fingerprint density at radius 1 is 1.12 bits per heavy atom. The molecule has 0 bridgehead atoms. The second-order valence-corrected chi connectivity index (χ2v) is 6.35. The summed E-state index contributed by atoms with van der Waals surface area (Å²) in [5.41, 5.74) is 3.55. The van der Waals surface area contributed by atoms with Crippen molar-refractivity contribution in [1.82, 2.24) is 5.32 Å². The van der Waals surface area contributed by atoms with Crippen LogP contribution >= 0.6 is 11.6 Å². The lowest BCUT2D eigenvalue weighted by Crippen LogP contribution is -2.37. The van der Waals surface area contributed by atoms with Gasteiger partial charge in [-0.1, -0.05) is 29.8 Å². The topological polar surface area (TPSA) is 61.8 Å². The normalized spacial score (nSPS) is 14.5. The van der Waals surface area contributed by atoms with Crippen LogP contribution in [0, 0.1) is 0 Å². The lowest BCUT2D eigenvalue weighted by atomic mass is 10.1. The van der Waals surface area contributed by atoms with E-state index in [0.29, 0.717) is 18.7 Å². The van der Waals surface area contributed by atoms with Crippen molar-refractivity contribution in [2.75, 3.05) is 31.2 Å². The first-order chi connectivity index (χ1) is 12.1. The second-order valence-electron chi connectivity index (χ2n) is 5.94. The van der Waals surface area contributed by atoms with Crippen LogP contribution in [-0.2, 0) is 17.8 Å². The quantitative estimate of drug-likeness (QED) is 0.828. The second kappa shape index (κ2) is 8.34. The maximum Gasteiger partial charge on any atom is 0.335 e. The van der Waals surface area contributed by atoms with E-state index in [9.17, 15) is 4.79 Å². The number of nitrogens with zero attached hydrogens (tertiary/aromatic N) is 1. The maximum absolute atomic E-state index is 10.9. The van der Waals surface area contributed by atoms with Crippen LogP contribution < -0.4 is 10.2 Å². The van der Waals surface area contributed by atoms with Crippen molar-refractivity contribution < 1.29 is 14.6 Å². The molecule has 1 saturated heterocycles. The molecule has 5 nitrogen and oxygen atoms in total. The highest BCUT2D eigenvalue weighted by Crippen LogP contribution is 2.28. The lowest BCUT2D eigenvalue weighted by molar-refractivity contribution is 0.0697. The minimum Gasteiger partial charge on any atom is -0.478 e. The van der Waals surface area contributed by atoms with E-state index in [4.69, 9.17) is 21.4 Å². The van der Waals surface area contributed by atoms with Crippen LogP contribution in [0.25, 0.3) is 0 Å². The van der Waals surface area contributed by atoms with Gasteiger partial charge in [-0.2, -0.15) is 0 Å². The molecule has 0 atom stereocenters. The third-order valence-corrected chi connectivity index (χ3v) is 4.63. The molecule has 0 unspecified atom stereocenters. The summed E-state index contributed by atoms with van der Waals surface area (Å²) < 4.78 is 5.42. The fourth-order valence-corrected chi connectivity index (χ4v) is 3.16. The average molecular weight is 361 g/mol. The molecule has 25 heavy (non-hydrogen) atoms. The highest BCUT2D eigenvalue weighted by molar-refractivity contribution is 6.31. The van der Waals surface area contributed by atoms with Gasteiger partial charge in [-0.15, -0.1) is 0 Å². The van der Waals surface area contributed by atoms with Crippen molar-refractivity contribution in [3.05, 3.63) is 64.2 Å². The largest absolute Gasteiger partial charge is 0.478 e. The van der Waals surface area contributed by atoms with E-state index in [2.05, 4.69) is 16.3 Å². The van der Waals surface area contributed by atoms with Crippen molar-refractivity contribution in [3.63, 3.8) is 0 Å². The molecule has 1 aliphatic heterocycles. The van der Waals surface area contributed by atoms with Crippen LogP contribution in [0.15, 0.2) is 42.5 Å². The molecule has 0 aliphatic carbocycles. The Morgan fingerprint density at radius 3 is 2.52 bits per heavy atom. The lowest BCUT2D eigenvalue weighted by Gasteiger charge is -2.31. The summed E-state index contributed by atoms with van der Waals surface area (Å²) in [5, 5.41) is 13.1. The highest BCUT2D eigenvalue weighted by atomic mass is 35.5. The van der Waals surface area contributed by atoms with Gasteiger partial charge in [-0.3, -0.25) is 0 Å². The van der Waals surface area contributed by atoms with Crippen LogP contribution in [0.4, 0.5) is 5.69 Å². The molecular formula is C19H21ClN2O3. The van der Waals surface area contributed by atoms with E-state index in [0.717, 1.165) is 48.1 Å². The zero-order valence-corrected chi connectivity index (χ0v) is 14.6.